The second kappa shape index (κ2) is 11.1. The lowest BCUT2D eigenvalue weighted by Gasteiger charge is -2.27. The molecular weight excluding hydrogens is 268 g/mol. The minimum absolute atomic E-state index is 0. The Labute approximate surface area is 122 Å². The fourth-order valence-corrected chi connectivity index (χ4v) is 1.85. The quantitative estimate of drug-likeness (QED) is 0.681. The number of aliphatic carboxylic acids is 1. The minimum Gasteiger partial charge on any atom is -0.480 e. The molecular formula is C13H27ClN2O3. The molecule has 1 atom stereocenters. The van der Waals surface area contributed by atoms with E-state index in [2.05, 4.69) is 5.32 Å². The molecule has 0 spiro atoms. The van der Waals surface area contributed by atoms with Crippen LogP contribution in [0.1, 0.15) is 47.0 Å². The second-order valence-corrected chi connectivity index (χ2v) is 4.56. The van der Waals surface area contributed by atoms with Crippen LogP contribution in [0.3, 0.4) is 0 Å². The third-order valence-electron chi connectivity index (χ3n) is 3.11. The van der Waals surface area contributed by atoms with Crippen LogP contribution in [0.4, 0.5) is 0 Å². The number of carboxylic acids is 1. The van der Waals surface area contributed by atoms with Gasteiger partial charge in [0, 0.05) is 6.04 Å². The van der Waals surface area contributed by atoms with Crippen molar-refractivity contribution in [2.24, 2.45) is 0 Å². The predicted molar refractivity (Wildman–Crippen MR) is 78.7 cm³/mol. The van der Waals surface area contributed by atoms with Crippen LogP contribution in [0, 0.1) is 0 Å². The topological polar surface area (TPSA) is 69.6 Å². The summed E-state index contributed by atoms with van der Waals surface area (Å²) in [6.45, 7) is 8.31. The highest BCUT2D eigenvalue weighted by Gasteiger charge is 2.23. The zero-order chi connectivity index (χ0) is 14.1. The van der Waals surface area contributed by atoms with Gasteiger partial charge >= 0.3 is 5.97 Å². The van der Waals surface area contributed by atoms with Crippen molar-refractivity contribution in [3.05, 3.63) is 0 Å². The lowest BCUT2D eigenvalue weighted by atomic mass is 10.1. The average Bonchev–Trinajstić information content (AvgIpc) is 2.33. The Bertz CT molecular complexity index is 271. The Morgan fingerprint density at radius 2 is 1.74 bits per heavy atom. The van der Waals surface area contributed by atoms with E-state index in [0.717, 1.165) is 19.3 Å². The zero-order valence-electron chi connectivity index (χ0n) is 12.3. The van der Waals surface area contributed by atoms with Crippen LogP contribution in [-0.4, -0.2) is 47.1 Å². The van der Waals surface area contributed by atoms with Crippen molar-refractivity contribution < 1.29 is 14.7 Å². The van der Waals surface area contributed by atoms with Crippen molar-refractivity contribution in [2.45, 2.75) is 59.0 Å². The molecule has 0 bridgehead atoms. The fraction of sp³-hybridized carbons (Fsp3) is 0.846. The summed E-state index contributed by atoms with van der Waals surface area (Å²) in [5.74, 6) is -0.982. The van der Waals surface area contributed by atoms with Crippen LogP contribution < -0.4 is 5.32 Å². The van der Waals surface area contributed by atoms with Gasteiger partial charge in [0.1, 0.15) is 0 Å². The summed E-state index contributed by atoms with van der Waals surface area (Å²) < 4.78 is 0. The van der Waals surface area contributed by atoms with Gasteiger partial charge in [0.2, 0.25) is 5.91 Å². The maximum atomic E-state index is 12.0. The number of hydrogen-bond acceptors (Lipinski definition) is 3. The molecule has 0 rings (SSSR count). The highest BCUT2D eigenvalue weighted by atomic mass is 35.5. The maximum absolute atomic E-state index is 12.0. The van der Waals surface area contributed by atoms with Gasteiger partial charge < -0.3 is 10.4 Å². The summed E-state index contributed by atoms with van der Waals surface area (Å²) in [6.07, 6.45) is 2.61. The highest BCUT2D eigenvalue weighted by molar-refractivity contribution is 5.85. The molecule has 0 aliphatic heterocycles. The van der Waals surface area contributed by atoms with Gasteiger partial charge in [-0.25, -0.2) is 0 Å². The van der Waals surface area contributed by atoms with Crippen molar-refractivity contribution in [3.63, 3.8) is 0 Å². The summed E-state index contributed by atoms with van der Waals surface area (Å²) >= 11 is 0. The third-order valence-corrected chi connectivity index (χ3v) is 3.11. The summed E-state index contributed by atoms with van der Waals surface area (Å²) in [5.41, 5.74) is 0. The van der Waals surface area contributed by atoms with E-state index in [0.29, 0.717) is 6.54 Å². The van der Waals surface area contributed by atoms with Crippen molar-refractivity contribution in [1.82, 2.24) is 10.2 Å². The van der Waals surface area contributed by atoms with Gasteiger partial charge in [-0.05, 0) is 32.7 Å². The van der Waals surface area contributed by atoms with Gasteiger partial charge in [0.05, 0.1) is 12.6 Å². The Kier molecular flexibility index (Phi) is 11.9. The molecule has 5 nitrogen and oxygen atoms in total. The normalized spacial score (nSPS) is 12.1. The number of hydrogen-bond donors (Lipinski definition) is 2. The lowest BCUT2D eigenvalue weighted by molar-refractivity contribution is -0.140. The molecule has 0 aromatic heterocycles. The number of nitrogens with one attached hydrogen (secondary N) is 1. The molecule has 2 N–H and O–H groups in total. The number of rotatable bonds is 9. The van der Waals surface area contributed by atoms with E-state index in [1.54, 1.807) is 11.8 Å². The molecule has 0 aromatic carbocycles. The number of amides is 1. The van der Waals surface area contributed by atoms with Crippen LogP contribution in [-0.2, 0) is 9.59 Å². The Hall–Kier alpha value is -0.810. The Morgan fingerprint density at radius 1 is 1.21 bits per heavy atom. The van der Waals surface area contributed by atoms with Crippen molar-refractivity contribution in [1.29, 1.82) is 0 Å². The first-order valence-corrected chi connectivity index (χ1v) is 6.72. The molecule has 0 fully saturated rings. The van der Waals surface area contributed by atoms with E-state index >= 15 is 0 Å². The van der Waals surface area contributed by atoms with E-state index < -0.39 is 12.0 Å². The van der Waals surface area contributed by atoms with Gasteiger partial charge in [0.15, 0.2) is 0 Å². The van der Waals surface area contributed by atoms with Crippen molar-refractivity contribution >= 4 is 24.3 Å². The zero-order valence-corrected chi connectivity index (χ0v) is 13.1. The monoisotopic (exact) mass is 294 g/mol. The number of carbonyl (C=O) groups is 2. The number of nitrogens with zero attached hydrogens (tertiary/aromatic N) is 1. The first kappa shape index (κ1) is 20.5. The molecule has 6 heteroatoms. The van der Waals surface area contributed by atoms with Crippen LogP contribution in [0.5, 0.6) is 0 Å². The van der Waals surface area contributed by atoms with Crippen molar-refractivity contribution in [2.75, 3.05) is 13.1 Å². The molecule has 0 aliphatic rings. The van der Waals surface area contributed by atoms with Gasteiger partial charge in [0.25, 0.3) is 0 Å². The molecule has 0 saturated carbocycles. The fourth-order valence-electron chi connectivity index (χ4n) is 1.85. The Balaban J connectivity index is 0. The number of halogens is 1. The predicted octanol–water partition coefficient (Wildman–Crippen LogP) is 1.90. The van der Waals surface area contributed by atoms with Crippen LogP contribution >= 0.6 is 12.4 Å². The molecule has 1 unspecified atom stereocenters. The summed E-state index contributed by atoms with van der Waals surface area (Å²) in [4.78, 5) is 24.5. The molecule has 19 heavy (non-hydrogen) atoms. The standard InChI is InChI=1S/C13H26N2O3.ClH/c1-5-8-15(9-12(16)17)10(4)13(18)14-11(6-2)7-3;/h10-11H,5-9H2,1-4H3,(H,14,18)(H,16,17);1H. The first-order chi connectivity index (χ1) is 8.46. The van der Waals surface area contributed by atoms with Gasteiger partial charge in [-0.15, -0.1) is 12.4 Å². The summed E-state index contributed by atoms with van der Waals surface area (Å²) in [6, 6.07) is -0.227. The van der Waals surface area contributed by atoms with Crippen LogP contribution in [0.15, 0.2) is 0 Å². The molecule has 0 saturated heterocycles. The second-order valence-electron chi connectivity index (χ2n) is 4.56. The number of carbonyl (C=O) groups excluding carboxylic acids is 1. The molecule has 0 radical (unpaired) electrons. The van der Waals surface area contributed by atoms with Gasteiger partial charge in [-0.2, -0.15) is 0 Å². The molecule has 0 aliphatic carbocycles. The molecule has 114 valence electrons. The van der Waals surface area contributed by atoms with E-state index in [-0.39, 0.29) is 30.9 Å². The summed E-state index contributed by atoms with van der Waals surface area (Å²) in [5, 5.41) is 11.8. The Morgan fingerprint density at radius 3 is 2.11 bits per heavy atom. The van der Waals surface area contributed by atoms with E-state index in [4.69, 9.17) is 5.11 Å². The van der Waals surface area contributed by atoms with E-state index in [1.807, 2.05) is 20.8 Å². The largest absolute Gasteiger partial charge is 0.480 e. The number of carboxylic acid groups (broad SMARTS) is 1. The minimum atomic E-state index is -0.898. The summed E-state index contributed by atoms with van der Waals surface area (Å²) in [7, 11) is 0. The van der Waals surface area contributed by atoms with Crippen molar-refractivity contribution in [3.8, 4) is 0 Å². The maximum Gasteiger partial charge on any atom is 0.317 e. The molecule has 0 heterocycles. The van der Waals surface area contributed by atoms with E-state index in [1.165, 1.54) is 0 Å². The first-order valence-electron chi connectivity index (χ1n) is 6.72. The van der Waals surface area contributed by atoms with E-state index in [9.17, 15) is 9.59 Å². The van der Waals surface area contributed by atoms with Gasteiger partial charge in [-0.3, -0.25) is 14.5 Å². The lowest BCUT2D eigenvalue weighted by Crippen LogP contribution is -2.49. The SMILES string of the molecule is CCCN(CC(=O)O)C(C)C(=O)NC(CC)CC.Cl. The molecule has 0 aromatic rings. The molecule has 1 amide bonds. The third kappa shape index (κ3) is 8.06. The van der Waals surface area contributed by atoms with Crippen LogP contribution in [0.2, 0.25) is 0 Å². The average molecular weight is 295 g/mol. The van der Waals surface area contributed by atoms with Gasteiger partial charge in [-0.1, -0.05) is 20.8 Å². The van der Waals surface area contributed by atoms with Crippen LogP contribution in [0.25, 0.3) is 0 Å². The highest BCUT2D eigenvalue weighted by Crippen LogP contribution is 2.03. The smallest absolute Gasteiger partial charge is 0.317 e.